The highest BCUT2D eigenvalue weighted by Crippen LogP contribution is 2.37. The summed E-state index contributed by atoms with van der Waals surface area (Å²) in [5, 5.41) is 8.85. The first-order valence-corrected chi connectivity index (χ1v) is 10.9. The molecular weight excluding hydrogens is 436 g/mol. The molecule has 0 bridgehead atoms. The van der Waals surface area contributed by atoms with Crippen molar-refractivity contribution in [1.29, 1.82) is 0 Å². The fraction of sp³-hybridized carbons (Fsp3) is 0.192. The summed E-state index contributed by atoms with van der Waals surface area (Å²) < 4.78 is 37.8. The third-order valence-electron chi connectivity index (χ3n) is 6.14. The van der Waals surface area contributed by atoms with Crippen LogP contribution >= 0.6 is 0 Å². The summed E-state index contributed by atoms with van der Waals surface area (Å²) >= 11 is 0. The lowest BCUT2D eigenvalue weighted by molar-refractivity contribution is 0.413. The highest BCUT2D eigenvalue weighted by molar-refractivity contribution is 5.80. The van der Waals surface area contributed by atoms with Crippen LogP contribution in [0.5, 0.6) is 5.75 Å². The molecule has 34 heavy (non-hydrogen) atoms. The lowest BCUT2D eigenvalue weighted by atomic mass is 10.0. The van der Waals surface area contributed by atoms with Crippen LogP contribution in [-0.4, -0.2) is 31.4 Å². The van der Waals surface area contributed by atoms with Gasteiger partial charge in [-0.2, -0.15) is 0 Å². The SMILES string of the molecule is COc1cc(-c2nnc3n([C@H](C)c4cc(F)c(C)c(F)c4)cccc2-3)ccc1-n1cnc(C)c1. The molecule has 0 aliphatic carbocycles. The van der Waals surface area contributed by atoms with E-state index in [-0.39, 0.29) is 11.6 Å². The zero-order chi connectivity index (χ0) is 24.0. The van der Waals surface area contributed by atoms with Gasteiger partial charge in [0.15, 0.2) is 5.82 Å². The summed E-state index contributed by atoms with van der Waals surface area (Å²) in [5.41, 5.74) is 4.67. The van der Waals surface area contributed by atoms with E-state index < -0.39 is 11.6 Å². The molecule has 2 aromatic carbocycles. The van der Waals surface area contributed by atoms with Gasteiger partial charge in [-0.25, -0.2) is 13.8 Å². The number of hydrogen-bond donors (Lipinski definition) is 0. The number of nitrogens with zero attached hydrogens (tertiary/aromatic N) is 5. The first kappa shape index (κ1) is 21.8. The van der Waals surface area contributed by atoms with Crippen molar-refractivity contribution in [3.63, 3.8) is 0 Å². The van der Waals surface area contributed by atoms with Gasteiger partial charge in [-0.1, -0.05) is 6.07 Å². The molecule has 3 aromatic rings. The van der Waals surface area contributed by atoms with Crippen molar-refractivity contribution in [2.75, 3.05) is 7.11 Å². The van der Waals surface area contributed by atoms with Crippen molar-refractivity contribution in [2.45, 2.75) is 26.8 Å². The smallest absolute Gasteiger partial charge is 0.165 e. The highest BCUT2D eigenvalue weighted by Gasteiger charge is 2.22. The molecule has 1 atom stereocenters. The first-order valence-electron chi connectivity index (χ1n) is 10.9. The Hall–Kier alpha value is -4.07. The molecule has 6 nitrogen and oxygen atoms in total. The van der Waals surface area contributed by atoms with E-state index in [1.807, 2.05) is 65.7 Å². The Labute approximate surface area is 195 Å². The van der Waals surface area contributed by atoms with Crippen molar-refractivity contribution in [3.05, 3.63) is 89.6 Å². The summed E-state index contributed by atoms with van der Waals surface area (Å²) in [6.07, 6.45) is 5.51. The summed E-state index contributed by atoms with van der Waals surface area (Å²) in [4.78, 5) is 4.28. The molecule has 0 radical (unpaired) electrons. The van der Waals surface area contributed by atoms with Crippen molar-refractivity contribution >= 4 is 0 Å². The van der Waals surface area contributed by atoms with E-state index in [4.69, 9.17) is 4.74 Å². The monoisotopic (exact) mass is 459 g/mol. The van der Waals surface area contributed by atoms with Crippen LogP contribution in [0.3, 0.4) is 0 Å². The summed E-state index contributed by atoms with van der Waals surface area (Å²) in [6.45, 7) is 5.23. The van der Waals surface area contributed by atoms with Crippen LogP contribution in [0, 0.1) is 25.5 Å². The molecule has 2 aliphatic rings. The maximum absolute atomic E-state index is 14.2. The molecule has 172 valence electrons. The number of fused-ring (bicyclic) bond motifs is 1. The third-order valence-corrected chi connectivity index (χ3v) is 6.14. The molecule has 0 saturated carbocycles. The average molecular weight is 460 g/mol. The molecule has 1 aromatic heterocycles. The number of methoxy groups -OCH3 is 1. The topological polar surface area (TPSA) is 57.8 Å². The maximum atomic E-state index is 14.2. The van der Waals surface area contributed by atoms with Gasteiger partial charge in [0, 0.05) is 29.1 Å². The van der Waals surface area contributed by atoms with Gasteiger partial charge in [0.25, 0.3) is 0 Å². The van der Waals surface area contributed by atoms with Gasteiger partial charge in [-0.3, -0.25) is 0 Å². The van der Waals surface area contributed by atoms with Crippen LogP contribution in [0.2, 0.25) is 0 Å². The number of halogens is 2. The van der Waals surface area contributed by atoms with Gasteiger partial charge in [0.2, 0.25) is 0 Å². The van der Waals surface area contributed by atoms with Crippen molar-refractivity contribution < 1.29 is 13.5 Å². The number of benzene rings is 2. The van der Waals surface area contributed by atoms with Crippen LogP contribution in [-0.2, 0) is 0 Å². The molecule has 0 saturated heterocycles. The Bertz CT molecular complexity index is 1450. The van der Waals surface area contributed by atoms with Crippen LogP contribution in [0.15, 0.2) is 61.2 Å². The summed E-state index contributed by atoms with van der Waals surface area (Å²) in [7, 11) is 1.62. The van der Waals surface area contributed by atoms with Crippen molar-refractivity contribution in [1.82, 2.24) is 24.3 Å². The third kappa shape index (κ3) is 3.61. The molecule has 5 rings (SSSR count). The lowest BCUT2D eigenvalue weighted by Gasteiger charge is -2.20. The molecule has 0 N–H and O–H groups in total. The van der Waals surface area contributed by atoms with Gasteiger partial charge < -0.3 is 13.9 Å². The van der Waals surface area contributed by atoms with E-state index in [1.54, 1.807) is 13.4 Å². The van der Waals surface area contributed by atoms with E-state index >= 15 is 0 Å². The minimum absolute atomic E-state index is 0.0118. The number of pyridine rings is 1. The second-order valence-electron chi connectivity index (χ2n) is 8.30. The Kier molecular flexibility index (Phi) is 5.36. The normalized spacial score (nSPS) is 12.3. The number of rotatable bonds is 5. The summed E-state index contributed by atoms with van der Waals surface area (Å²) in [5.74, 6) is 0.168. The van der Waals surface area contributed by atoms with Crippen LogP contribution < -0.4 is 4.74 Å². The molecule has 0 amide bonds. The number of imidazole rings is 1. The van der Waals surface area contributed by atoms with Gasteiger partial charge in [0.05, 0.1) is 30.9 Å². The molecule has 0 unspecified atom stereocenters. The predicted octanol–water partition coefficient (Wildman–Crippen LogP) is 5.75. The Balaban J connectivity index is 1.53. The second-order valence-corrected chi connectivity index (χ2v) is 8.30. The lowest BCUT2D eigenvalue weighted by Crippen LogP contribution is -2.11. The average Bonchev–Trinajstić information content (AvgIpc) is 3.47. The second kappa shape index (κ2) is 8.37. The largest absolute Gasteiger partial charge is 0.495 e. The van der Waals surface area contributed by atoms with Crippen LogP contribution in [0.25, 0.3) is 28.3 Å². The molecule has 3 heterocycles. The minimum Gasteiger partial charge on any atom is -0.495 e. The summed E-state index contributed by atoms with van der Waals surface area (Å²) in [6, 6.07) is 12.0. The fourth-order valence-electron chi connectivity index (χ4n) is 4.14. The molecular formula is C26H23F2N5O. The minimum atomic E-state index is -0.566. The Morgan fingerprint density at radius 2 is 1.76 bits per heavy atom. The zero-order valence-corrected chi connectivity index (χ0v) is 19.3. The van der Waals surface area contributed by atoms with E-state index in [9.17, 15) is 8.78 Å². The van der Waals surface area contributed by atoms with Crippen molar-refractivity contribution in [2.24, 2.45) is 0 Å². The molecule has 0 fully saturated rings. The fourth-order valence-corrected chi connectivity index (χ4v) is 4.14. The molecule has 0 spiro atoms. The van der Waals surface area contributed by atoms with Crippen LogP contribution in [0.4, 0.5) is 8.78 Å². The first-order chi connectivity index (χ1) is 16.4. The van der Waals surface area contributed by atoms with E-state index in [1.165, 1.54) is 19.1 Å². The van der Waals surface area contributed by atoms with E-state index in [0.717, 1.165) is 22.5 Å². The van der Waals surface area contributed by atoms with E-state index in [0.29, 0.717) is 22.8 Å². The van der Waals surface area contributed by atoms with Gasteiger partial charge >= 0.3 is 0 Å². The Morgan fingerprint density at radius 3 is 2.44 bits per heavy atom. The van der Waals surface area contributed by atoms with Gasteiger partial charge in [-0.05, 0) is 62.7 Å². The predicted molar refractivity (Wildman–Crippen MR) is 125 cm³/mol. The quantitative estimate of drug-likeness (QED) is 0.336. The Morgan fingerprint density at radius 1 is 1.00 bits per heavy atom. The maximum Gasteiger partial charge on any atom is 0.165 e. The number of ether oxygens (including phenoxy) is 1. The van der Waals surface area contributed by atoms with E-state index in [2.05, 4.69) is 15.2 Å². The van der Waals surface area contributed by atoms with Gasteiger partial charge in [0.1, 0.15) is 23.1 Å². The van der Waals surface area contributed by atoms with Crippen LogP contribution in [0.1, 0.15) is 29.8 Å². The molecule has 8 heteroatoms. The number of aryl methyl sites for hydroxylation is 1. The van der Waals surface area contributed by atoms with Crippen molar-refractivity contribution in [3.8, 4) is 34.1 Å². The zero-order valence-electron chi connectivity index (χ0n) is 19.3. The number of aromatic nitrogens is 5. The highest BCUT2D eigenvalue weighted by atomic mass is 19.1. The standard InChI is InChI=1S/C26H23F2N5O/c1-15-13-32(14-29-15)23-8-7-18(12-24(23)34-4)25-20-6-5-9-33(26(20)31-30-25)17(3)19-10-21(27)16(2)22(28)11-19/h5-14,17H,1-4H3/t17-/m1/s1. The molecule has 2 aliphatic heterocycles. The number of hydrogen-bond acceptors (Lipinski definition) is 4. The van der Waals surface area contributed by atoms with Gasteiger partial charge in [-0.15, -0.1) is 10.2 Å².